The number of thioether (sulfide) groups is 1. The number of nitrogens with zero attached hydrogens (tertiary/aromatic N) is 2. The number of para-hydroxylation sites is 2. The van der Waals surface area contributed by atoms with E-state index in [1.807, 2.05) is 43.3 Å². The Hall–Kier alpha value is -2.73. The van der Waals surface area contributed by atoms with Crippen LogP contribution in [0.2, 0.25) is 0 Å². The molecule has 2 aromatic carbocycles. The second-order valence-corrected chi connectivity index (χ2v) is 6.84. The summed E-state index contributed by atoms with van der Waals surface area (Å²) in [5.74, 6) is -0.606. The van der Waals surface area contributed by atoms with Gasteiger partial charge in [0.2, 0.25) is 5.78 Å². The predicted octanol–water partition coefficient (Wildman–Crippen LogP) is 3.84. The Labute approximate surface area is 155 Å². The molecule has 0 fully saturated rings. The Kier molecular flexibility index (Phi) is 5.63. The van der Waals surface area contributed by atoms with Crippen molar-refractivity contribution in [1.29, 1.82) is 0 Å². The Morgan fingerprint density at radius 1 is 1.08 bits per heavy atom. The lowest BCUT2D eigenvalue weighted by Crippen LogP contribution is -2.25. The molecule has 26 heavy (non-hydrogen) atoms. The summed E-state index contributed by atoms with van der Waals surface area (Å²) in [4.78, 5) is 33.1. The lowest BCUT2D eigenvalue weighted by Gasteiger charge is -2.12. The third kappa shape index (κ3) is 4.46. The molecular weight excluding hydrogens is 348 g/mol. The fraction of sp³-hybridized carbons (Fsp3) is 0.200. The molecule has 0 aliphatic carbocycles. The average molecular weight is 366 g/mol. The smallest absolute Gasteiger partial charge is 0.317 e. The summed E-state index contributed by atoms with van der Waals surface area (Å²) in [7, 11) is 0. The van der Waals surface area contributed by atoms with E-state index < -0.39 is 12.1 Å². The van der Waals surface area contributed by atoms with Crippen LogP contribution in [0.25, 0.3) is 11.0 Å². The molecule has 0 saturated carbocycles. The van der Waals surface area contributed by atoms with Crippen LogP contribution in [0.15, 0.2) is 59.8 Å². The highest BCUT2D eigenvalue weighted by atomic mass is 32.2. The number of carbonyl (C=O) groups is 2. The molecule has 1 aromatic heterocycles. The van der Waals surface area contributed by atoms with Gasteiger partial charge in [0.1, 0.15) is 5.03 Å². The topological polar surface area (TPSA) is 69.2 Å². The molecule has 1 atom stereocenters. The summed E-state index contributed by atoms with van der Waals surface area (Å²) in [5.41, 5.74) is 3.17. The number of ketones is 1. The van der Waals surface area contributed by atoms with Crippen molar-refractivity contribution in [1.82, 2.24) is 9.97 Å². The maximum absolute atomic E-state index is 12.3. The summed E-state index contributed by atoms with van der Waals surface area (Å²) in [5, 5.41) is 0.637. The van der Waals surface area contributed by atoms with E-state index in [1.54, 1.807) is 25.3 Å². The average Bonchev–Trinajstić information content (AvgIpc) is 2.66. The number of ether oxygens (including phenoxy) is 1. The molecule has 1 unspecified atom stereocenters. The van der Waals surface area contributed by atoms with Crippen LogP contribution in [0.5, 0.6) is 0 Å². The molecular formula is C20H18N2O3S. The van der Waals surface area contributed by atoms with Gasteiger partial charge in [-0.2, -0.15) is 0 Å². The summed E-state index contributed by atoms with van der Waals surface area (Å²) in [6, 6.07) is 14.7. The zero-order valence-electron chi connectivity index (χ0n) is 14.5. The molecule has 0 N–H and O–H groups in total. The van der Waals surface area contributed by atoms with Gasteiger partial charge in [-0.25, -0.2) is 4.98 Å². The first kappa shape index (κ1) is 18.1. The number of benzene rings is 2. The minimum absolute atomic E-state index is 0.0680. The van der Waals surface area contributed by atoms with Gasteiger partial charge in [0.05, 0.1) is 23.0 Å². The van der Waals surface area contributed by atoms with Gasteiger partial charge in [-0.1, -0.05) is 53.7 Å². The molecule has 132 valence electrons. The summed E-state index contributed by atoms with van der Waals surface area (Å²) in [6.45, 7) is 3.53. The van der Waals surface area contributed by atoms with E-state index in [-0.39, 0.29) is 11.5 Å². The van der Waals surface area contributed by atoms with E-state index in [0.29, 0.717) is 10.6 Å². The van der Waals surface area contributed by atoms with Crippen molar-refractivity contribution in [2.45, 2.75) is 25.0 Å². The van der Waals surface area contributed by atoms with Crippen LogP contribution in [0.3, 0.4) is 0 Å². The first-order valence-corrected chi connectivity index (χ1v) is 9.16. The Bertz CT molecular complexity index is 941. The van der Waals surface area contributed by atoms with Crippen LogP contribution < -0.4 is 0 Å². The lowest BCUT2D eigenvalue weighted by molar-refractivity contribution is -0.143. The van der Waals surface area contributed by atoms with Gasteiger partial charge in [0.25, 0.3) is 0 Å². The summed E-state index contributed by atoms with van der Waals surface area (Å²) >= 11 is 1.24. The molecule has 1 heterocycles. The Morgan fingerprint density at radius 2 is 1.77 bits per heavy atom. The number of Topliss-reactive ketones (excluding diaryl/α,β-unsaturated/α-hetero) is 1. The van der Waals surface area contributed by atoms with Crippen molar-refractivity contribution >= 4 is 34.5 Å². The van der Waals surface area contributed by atoms with Crippen molar-refractivity contribution in [2.75, 3.05) is 5.75 Å². The minimum Gasteiger partial charge on any atom is -0.454 e. The monoisotopic (exact) mass is 366 g/mol. The van der Waals surface area contributed by atoms with Gasteiger partial charge in [-0.15, -0.1) is 0 Å². The van der Waals surface area contributed by atoms with Crippen molar-refractivity contribution in [3.8, 4) is 0 Å². The van der Waals surface area contributed by atoms with Crippen molar-refractivity contribution < 1.29 is 14.3 Å². The van der Waals surface area contributed by atoms with E-state index in [2.05, 4.69) is 9.97 Å². The second-order valence-electron chi connectivity index (χ2n) is 5.85. The van der Waals surface area contributed by atoms with Crippen LogP contribution >= 0.6 is 11.8 Å². The minimum atomic E-state index is -0.825. The van der Waals surface area contributed by atoms with Gasteiger partial charge in [-0.05, 0) is 26.0 Å². The fourth-order valence-electron chi connectivity index (χ4n) is 2.38. The molecule has 6 heteroatoms. The molecule has 0 spiro atoms. The highest BCUT2D eigenvalue weighted by Gasteiger charge is 2.19. The second kappa shape index (κ2) is 8.10. The van der Waals surface area contributed by atoms with Crippen LogP contribution in [0.4, 0.5) is 0 Å². The SMILES string of the molecule is Cc1ccc(C(=O)C(C)OC(=O)CSc2cnc3ccccc3n2)cc1. The molecule has 0 amide bonds. The molecule has 5 nitrogen and oxygen atoms in total. The maximum atomic E-state index is 12.3. The van der Waals surface area contributed by atoms with Crippen molar-refractivity contribution in [2.24, 2.45) is 0 Å². The van der Waals surface area contributed by atoms with Crippen molar-refractivity contribution in [3.05, 3.63) is 65.9 Å². The van der Waals surface area contributed by atoms with Gasteiger partial charge in [0, 0.05) is 5.56 Å². The molecule has 0 aliphatic rings. The van der Waals surface area contributed by atoms with Gasteiger partial charge in [0.15, 0.2) is 6.10 Å². The van der Waals surface area contributed by atoms with Gasteiger partial charge >= 0.3 is 5.97 Å². The normalized spacial score (nSPS) is 11.9. The largest absolute Gasteiger partial charge is 0.454 e. The molecule has 0 aliphatic heterocycles. The third-order valence-electron chi connectivity index (χ3n) is 3.78. The fourth-order valence-corrected chi connectivity index (χ4v) is 3.00. The molecule has 3 rings (SSSR count). The number of aromatic nitrogens is 2. The first-order valence-electron chi connectivity index (χ1n) is 8.18. The number of esters is 1. The van der Waals surface area contributed by atoms with E-state index >= 15 is 0 Å². The van der Waals surface area contributed by atoms with E-state index in [0.717, 1.165) is 16.6 Å². The quantitative estimate of drug-likeness (QED) is 0.375. The van der Waals surface area contributed by atoms with Crippen LogP contribution in [0, 0.1) is 6.92 Å². The van der Waals surface area contributed by atoms with Gasteiger partial charge < -0.3 is 4.74 Å². The summed E-state index contributed by atoms with van der Waals surface area (Å²) in [6.07, 6.45) is 0.801. The Balaban J connectivity index is 1.55. The standard InChI is InChI=1S/C20H18N2O3S/c1-13-7-9-15(10-8-13)20(24)14(2)25-19(23)12-26-18-11-21-16-5-3-4-6-17(16)22-18/h3-11,14H,12H2,1-2H3. The molecule has 0 saturated heterocycles. The molecule has 0 radical (unpaired) electrons. The first-order chi connectivity index (χ1) is 12.5. The van der Waals surface area contributed by atoms with Gasteiger partial charge in [-0.3, -0.25) is 14.6 Å². The summed E-state index contributed by atoms with van der Waals surface area (Å²) < 4.78 is 5.25. The highest BCUT2D eigenvalue weighted by molar-refractivity contribution is 7.99. The number of hydrogen-bond donors (Lipinski definition) is 0. The van der Waals surface area contributed by atoms with E-state index in [1.165, 1.54) is 11.8 Å². The van der Waals surface area contributed by atoms with Crippen molar-refractivity contribution in [3.63, 3.8) is 0 Å². The Morgan fingerprint density at radius 3 is 2.50 bits per heavy atom. The van der Waals surface area contributed by atoms with E-state index in [9.17, 15) is 9.59 Å². The maximum Gasteiger partial charge on any atom is 0.317 e. The zero-order chi connectivity index (χ0) is 18.5. The molecule has 0 bridgehead atoms. The highest BCUT2D eigenvalue weighted by Crippen LogP contribution is 2.18. The zero-order valence-corrected chi connectivity index (χ0v) is 15.3. The third-order valence-corrected chi connectivity index (χ3v) is 4.65. The van der Waals surface area contributed by atoms with E-state index in [4.69, 9.17) is 4.74 Å². The lowest BCUT2D eigenvalue weighted by atomic mass is 10.1. The van der Waals surface area contributed by atoms with Crippen LogP contribution in [-0.2, 0) is 9.53 Å². The predicted molar refractivity (Wildman–Crippen MR) is 101 cm³/mol. The number of carbonyl (C=O) groups excluding carboxylic acids is 2. The number of rotatable bonds is 6. The van der Waals surface area contributed by atoms with Crippen LogP contribution in [0.1, 0.15) is 22.8 Å². The van der Waals surface area contributed by atoms with Crippen LogP contribution in [-0.4, -0.2) is 33.6 Å². The number of fused-ring (bicyclic) bond motifs is 1. The number of hydrogen-bond acceptors (Lipinski definition) is 6. The number of aryl methyl sites for hydroxylation is 1. The molecule has 3 aromatic rings.